The second-order valence-corrected chi connectivity index (χ2v) is 5.46. The third-order valence-corrected chi connectivity index (χ3v) is 3.99. The van der Waals surface area contributed by atoms with Gasteiger partial charge in [0, 0.05) is 17.2 Å². The van der Waals surface area contributed by atoms with Gasteiger partial charge in [-0.05, 0) is 42.2 Å². The van der Waals surface area contributed by atoms with E-state index < -0.39 is 0 Å². The molecular formula is C17H15N3O. The fourth-order valence-corrected chi connectivity index (χ4v) is 2.93. The van der Waals surface area contributed by atoms with Gasteiger partial charge in [0.15, 0.2) is 5.82 Å². The van der Waals surface area contributed by atoms with Gasteiger partial charge < -0.3 is 10.3 Å². The van der Waals surface area contributed by atoms with Crippen molar-refractivity contribution in [1.82, 2.24) is 10.1 Å². The maximum Gasteiger partial charge on any atom is 0.258 e. The Bertz CT molecular complexity index is 769. The number of nitrogens with two attached hydrogens (primary N) is 1. The zero-order valence-corrected chi connectivity index (χ0v) is 11.5. The highest BCUT2D eigenvalue weighted by atomic mass is 16.5. The van der Waals surface area contributed by atoms with Crippen molar-refractivity contribution in [1.29, 1.82) is 0 Å². The van der Waals surface area contributed by atoms with Crippen LogP contribution in [0.2, 0.25) is 0 Å². The molecule has 0 saturated heterocycles. The first-order chi connectivity index (χ1) is 10.3. The molecule has 4 heteroatoms. The van der Waals surface area contributed by atoms with Gasteiger partial charge in [-0.15, -0.1) is 0 Å². The molecule has 3 aromatic rings. The lowest BCUT2D eigenvalue weighted by Gasteiger charge is -2.00. The van der Waals surface area contributed by atoms with E-state index in [-0.39, 0.29) is 0 Å². The number of nitrogen functional groups attached to an aromatic ring is 1. The SMILES string of the molecule is Nc1cccc(-c2nc(C3Cc4ccccc4C3)no2)c1. The number of fused-ring (bicyclic) bond motifs is 1. The van der Waals surface area contributed by atoms with E-state index in [1.165, 1.54) is 11.1 Å². The molecule has 0 aliphatic heterocycles. The van der Waals surface area contributed by atoms with Crippen molar-refractivity contribution < 1.29 is 4.52 Å². The molecule has 1 heterocycles. The van der Waals surface area contributed by atoms with Crippen LogP contribution in [-0.4, -0.2) is 10.1 Å². The molecule has 21 heavy (non-hydrogen) atoms. The predicted molar refractivity (Wildman–Crippen MR) is 80.7 cm³/mol. The van der Waals surface area contributed by atoms with Crippen LogP contribution in [-0.2, 0) is 12.8 Å². The summed E-state index contributed by atoms with van der Waals surface area (Å²) in [6, 6.07) is 16.0. The lowest BCUT2D eigenvalue weighted by molar-refractivity contribution is 0.416. The van der Waals surface area contributed by atoms with Crippen molar-refractivity contribution in [3.05, 3.63) is 65.5 Å². The summed E-state index contributed by atoms with van der Waals surface area (Å²) in [5.41, 5.74) is 10.1. The Labute approximate surface area is 122 Å². The maximum atomic E-state index is 5.79. The van der Waals surface area contributed by atoms with Gasteiger partial charge in [-0.2, -0.15) is 4.98 Å². The Kier molecular flexibility index (Phi) is 2.74. The van der Waals surface area contributed by atoms with Gasteiger partial charge in [0.05, 0.1) is 0 Å². The van der Waals surface area contributed by atoms with E-state index in [4.69, 9.17) is 10.3 Å². The summed E-state index contributed by atoms with van der Waals surface area (Å²) in [6.45, 7) is 0. The van der Waals surface area contributed by atoms with Crippen LogP contribution < -0.4 is 5.73 Å². The summed E-state index contributed by atoms with van der Waals surface area (Å²) in [6.07, 6.45) is 1.96. The van der Waals surface area contributed by atoms with Gasteiger partial charge >= 0.3 is 0 Å². The van der Waals surface area contributed by atoms with Crippen molar-refractivity contribution in [3.63, 3.8) is 0 Å². The van der Waals surface area contributed by atoms with E-state index in [1.807, 2.05) is 24.3 Å². The lowest BCUT2D eigenvalue weighted by Crippen LogP contribution is -2.00. The van der Waals surface area contributed by atoms with Gasteiger partial charge in [0.25, 0.3) is 5.89 Å². The van der Waals surface area contributed by atoms with Crippen molar-refractivity contribution in [2.75, 3.05) is 5.73 Å². The van der Waals surface area contributed by atoms with Crippen LogP contribution in [0.25, 0.3) is 11.5 Å². The Balaban J connectivity index is 1.62. The zero-order valence-electron chi connectivity index (χ0n) is 11.5. The minimum absolute atomic E-state index is 0.306. The Morgan fingerprint density at radius 3 is 2.48 bits per heavy atom. The fourth-order valence-electron chi connectivity index (χ4n) is 2.93. The standard InChI is InChI=1S/C17H15N3O/c18-15-7-3-6-13(10-15)17-19-16(20-21-17)14-8-11-4-1-2-5-12(11)9-14/h1-7,10,14H,8-9,18H2. The van der Waals surface area contributed by atoms with Gasteiger partial charge in [0.2, 0.25) is 0 Å². The molecule has 104 valence electrons. The Morgan fingerprint density at radius 1 is 1.00 bits per heavy atom. The lowest BCUT2D eigenvalue weighted by atomic mass is 10.1. The number of anilines is 1. The topological polar surface area (TPSA) is 64.9 Å². The van der Waals surface area contributed by atoms with E-state index in [9.17, 15) is 0 Å². The fraction of sp³-hybridized carbons (Fsp3) is 0.176. The van der Waals surface area contributed by atoms with E-state index in [0.717, 1.165) is 24.2 Å². The van der Waals surface area contributed by atoms with Crippen LogP contribution in [0.4, 0.5) is 5.69 Å². The van der Waals surface area contributed by atoms with Crippen LogP contribution in [0.15, 0.2) is 53.1 Å². The third-order valence-electron chi connectivity index (χ3n) is 3.99. The highest BCUT2D eigenvalue weighted by Gasteiger charge is 2.26. The summed E-state index contributed by atoms with van der Waals surface area (Å²) < 4.78 is 5.40. The second kappa shape index (κ2) is 4.74. The third kappa shape index (κ3) is 2.18. The van der Waals surface area contributed by atoms with Crippen molar-refractivity contribution in [3.8, 4) is 11.5 Å². The average molecular weight is 277 g/mol. The molecule has 0 saturated carbocycles. The number of hydrogen-bond acceptors (Lipinski definition) is 4. The molecule has 2 aromatic carbocycles. The van der Waals surface area contributed by atoms with Crippen LogP contribution in [0.5, 0.6) is 0 Å². The molecule has 1 aromatic heterocycles. The largest absolute Gasteiger partial charge is 0.399 e. The molecule has 4 nitrogen and oxygen atoms in total. The molecule has 0 atom stereocenters. The Morgan fingerprint density at radius 2 is 1.76 bits per heavy atom. The number of nitrogens with zero attached hydrogens (tertiary/aromatic N) is 2. The smallest absolute Gasteiger partial charge is 0.258 e. The first-order valence-electron chi connectivity index (χ1n) is 7.06. The predicted octanol–water partition coefficient (Wildman–Crippen LogP) is 3.20. The van der Waals surface area contributed by atoms with Gasteiger partial charge in [-0.25, -0.2) is 0 Å². The molecule has 2 N–H and O–H groups in total. The molecule has 1 aliphatic carbocycles. The van der Waals surface area contributed by atoms with Crippen molar-refractivity contribution >= 4 is 5.69 Å². The molecular weight excluding hydrogens is 262 g/mol. The van der Waals surface area contributed by atoms with Gasteiger partial charge in [-0.1, -0.05) is 35.5 Å². The summed E-state index contributed by atoms with van der Waals surface area (Å²) in [5.74, 6) is 1.62. The summed E-state index contributed by atoms with van der Waals surface area (Å²) in [4.78, 5) is 4.55. The van der Waals surface area contributed by atoms with Crippen LogP contribution >= 0.6 is 0 Å². The van der Waals surface area contributed by atoms with Gasteiger partial charge in [-0.3, -0.25) is 0 Å². The molecule has 0 spiro atoms. The first-order valence-corrected chi connectivity index (χ1v) is 7.06. The summed E-state index contributed by atoms with van der Waals surface area (Å²) in [7, 11) is 0. The van der Waals surface area contributed by atoms with Crippen LogP contribution in [0.1, 0.15) is 22.9 Å². The van der Waals surface area contributed by atoms with Crippen molar-refractivity contribution in [2.24, 2.45) is 0 Å². The van der Waals surface area contributed by atoms with Gasteiger partial charge in [0.1, 0.15) is 0 Å². The Hall–Kier alpha value is -2.62. The van der Waals surface area contributed by atoms with E-state index in [0.29, 0.717) is 17.5 Å². The normalized spacial score (nSPS) is 14.3. The van der Waals surface area contributed by atoms with Crippen LogP contribution in [0.3, 0.4) is 0 Å². The molecule has 1 aliphatic rings. The number of hydrogen-bond donors (Lipinski definition) is 1. The maximum absolute atomic E-state index is 5.79. The first kappa shape index (κ1) is 12.1. The minimum atomic E-state index is 0.306. The molecule has 0 radical (unpaired) electrons. The molecule has 0 amide bonds. The number of rotatable bonds is 2. The molecule has 0 unspecified atom stereocenters. The molecule has 0 bridgehead atoms. The highest BCUT2D eigenvalue weighted by molar-refractivity contribution is 5.59. The minimum Gasteiger partial charge on any atom is -0.399 e. The number of benzene rings is 2. The van der Waals surface area contributed by atoms with Crippen molar-refractivity contribution in [2.45, 2.75) is 18.8 Å². The quantitative estimate of drug-likeness (QED) is 0.730. The number of aromatic nitrogens is 2. The molecule has 0 fully saturated rings. The monoisotopic (exact) mass is 277 g/mol. The molecule has 4 rings (SSSR count). The average Bonchev–Trinajstić information content (AvgIpc) is 3.14. The highest BCUT2D eigenvalue weighted by Crippen LogP contribution is 2.33. The summed E-state index contributed by atoms with van der Waals surface area (Å²) >= 11 is 0. The second-order valence-electron chi connectivity index (χ2n) is 5.46. The van der Waals surface area contributed by atoms with E-state index in [2.05, 4.69) is 34.4 Å². The van der Waals surface area contributed by atoms with Crippen LogP contribution in [0, 0.1) is 0 Å². The summed E-state index contributed by atoms with van der Waals surface area (Å²) in [5, 5.41) is 4.16. The van der Waals surface area contributed by atoms with E-state index >= 15 is 0 Å². The van der Waals surface area contributed by atoms with E-state index in [1.54, 1.807) is 0 Å². The zero-order chi connectivity index (χ0) is 14.2.